The van der Waals surface area contributed by atoms with Gasteiger partial charge < -0.3 is 4.74 Å². The molecule has 1 heterocycles. The van der Waals surface area contributed by atoms with Gasteiger partial charge in [0.15, 0.2) is 0 Å². The first-order chi connectivity index (χ1) is 11.9. The second-order valence-corrected chi connectivity index (χ2v) is 7.21. The molecule has 1 saturated heterocycles. The lowest BCUT2D eigenvalue weighted by molar-refractivity contribution is -0.274. The van der Waals surface area contributed by atoms with Crippen molar-refractivity contribution in [3.63, 3.8) is 0 Å². The summed E-state index contributed by atoms with van der Waals surface area (Å²) < 4.78 is 41.6. The highest BCUT2D eigenvalue weighted by Gasteiger charge is 2.31. The summed E-state index contributed by atoms with van der Waals surface area (Å²) in [5, 5.41) is 0. The summed E-state index contributed by atoms with van der Waals surface area (Å²) in [5.41, 5.74) is 2.36. The Morgan fingerprint density at radius 2 is 1.72 bits per heavy atom. The molecule has 2 nitrogen and oxygen atoms in total. The van der Waals surface area contributed by atoms with Crippen molar-refractivity contribution < 1.29 is 17.9 Å². The average Bonchev–Trinajstić information content (AvgIpc) is 2.55. The van der Waals surface area contributed by atoms with E-state index in [-0.39, 0.29) is 5.75 Å². The standard InChI is InChI=1S/C19H19BrF3NO/c20-17-3-1-2-14(12-17)13-24-10-8-16(9-11-24)15-4-6-18(7-5-15)25-19(21,22)23/h1-7,12,16H,8-11,13H2. The minimum Gasteiger partial charge on any atom is -0.406 e. The molecule has 1 fully saturated rings. The monoisotopic (exact) mass is 413 g/mol. The number of nitrogens with zero attached hydrogens (tertiary/aromatic N) is 1. The van der Waals surface area contributed by atoms with E-state index in [9.17, 15) is 13.2 Å². The molecule has 0 spiro atoms. The number of ether oxygens (including phenoxy) is 1. The number of piperidine rings is 1. The van der Waals surface area contributed by atoms with Crippen LogP contribution in [-0.4, -0.2) is 24.4 Å². The Morgan fingerprint density at radius 3 is 2.32 bits per heavy atom. The number of likely N-dealkylation sites (tertiary alicyclic amines) is 1. The number of benzene rings is 2. The van der Waals surface area contributed by atoms with Crippen molar-refractivity contribution in [1.82, 2.24) is 4.90 Å². The van der Waals surface area contributed by atoms with Gasteiger partial charge in [0.2, 0.25) is 0 Å². The predicted molar refractivity (Wildman–Crippen MR) is 94.5 cm³/mol. The minimum absolute atomic E-state index is 0.164. The Morgan fingerprint density at radius 1 is 1.04 bits per heavy atom. The summed E-state index contributed by atoms with van der Waals surface area (Å²) in [6.45, 7) is 2.89. The number of rotatable bonds is 4. The van der Waals surface area contributed by atoms with Crippen molar-refractivity contribution in [2.24, 2.45) is 0 Å². The predicted octanol–water partition coefficient (Wildman–Crippen LogP) is 5.73. The zero-order chi connectivity index (χ0) is 17.9. The van der Waals surface area contributed by atoms with Crippen molar-refractivity contribution in [1.29, 1.82) is 0 Å². The molecular formula is C19H19BrF3NO. The van der Waals surface area contributed by atoms with Crippen LogP contribution in [0.15, 0.2) is 53.0 Å². The lowest BCUT2D eigenvalue weighted by Gasteiger charge is -2.32. The molecule has 0 aromatic heterocycles. The van der Waals surface area contributed by atoms with E-state index in [0.29, 0.717) is 5.92 Å². The van der Waals surface area contributed by atoms with Crippen LogP contribution in [0.5, 0.6) is 5.75 Å². The van der Waals surface area contributed by atoms with Gasteiger partial charge in [0, 0.05) is 11.0 Å². The van der Waals surface area contributed by atoms with E-state index in [2.05, 4.69) is 37.7 Å². The SMILES string of the molecule is FC(F)(F)Oc1ccc(C2CCN(Cc3cccc(Br)c3)CC2)cc1. The lowest BCUT2D eigenvalue weighted by Crippen LogP contribution is -2.32. The Labute approximate surface area is 153 Å². The summed E-state index contributed by atoms with van der Waals surface area (Å²) >= 11 is 3.49. The zero-order valence-electron chi connectivity index (χ0n) is 13.6. The first kappa shape index (κ1) is 18.3. The van der Waals surface area contributed by atoms with Crippen LogP contribution < -0.4 is 4.74 Å². The van der Waals surface area contributed by atoms with Gasteiger partial charge in [0.05, 0.1) is 0 Å². The zero-order valence-corrected chi connectivity index (χ0v) is 15.2. The molecule has 3 rings (SSSR count). The molecule has 0 atom stereocenters. The van der Waals surface area contributed by atoms with Gasteiger partial charge in [-0.05, 0) is 67.2 Å². The quantitative estimate of drug-likeness (QED) is 0.634. The van der Waals surface area contributed by atoms with Crippen molar-refractivity contribution >= 4 is 15.9 Å². The van der Waals surface area contributed by atoms with E-state index < -0.39 is 6.36 Å². The Kier molecular flexibility index (Phi) is 5.69. The number of alkyl halides is 3. The van der Waals surface area contributed by atoms with E-state index in [0.717, 1.165) is 42.5 Å². The van der Waals surface area contributed by atoms with Crippen LogP contribution in [0.25, 0.3) is 0 Å². The van der Waals surface area contributed by atoms with E-state index >= 15 is 0 Å². The molecule has 134 valence electrons. The van der Waals surface area contributed by atoms with Crippen molar-refractivity contribution in [3.05, 3.63) is 64.1 Å². The Hall–Kier alpha value is -1.53. The van der Waals surface area contributed by atoms with Crippen LogP contribution in [0.4, 0.5) is 13.2 Å². The van der Waals surface area contributed by atoms with Gasteiger partial charge in [0.25, 0.3) is 0 Å². The van der Waals surface area contributed by atoms with E-state index in [4.69, 9.17) is 0 Å². The fourth-order valence-corrected chi connectivity index (χ4v) is 3.71. The summed E-state index contributed by atoms with van der Waals surface area (Å²) in [7, 11) is 0. The Balaban J connectivity index is 1.53. The van der Waals surface area contributed by atoms with Crippen LogP contribution in [0, 0.1) is 0 Å². The van der Waals surface area contributed by atoms with Gasteiger partial charge in [-0.15, -0.1) is 13.2 Å². The molecule has 0 bridgehead atoms. The molecule has 0 N–H and O–H groups in total. The van der Waals surface area contributed by atoms with Crippen molar-refractivity contribution in [3.8, 4) is 5.75 Å². The molecule has 0 radical (unpaired) electrons. The lowest BCUT2D eigenvalue weighted by atomic mass is 9.89. The molecule has 0 saturated carbocycles. The topological polar surface area (TPSA) is 12.5 Å². The van der Waals surface area contributed by atoms with Crippen LogP contribution in [0.2, 0.25) is 0 Å². The van der Waals surface area contributed by atoms with Gasteiger partial charge in [0.1, 0.15) is 5.75 Å². The summed E-state index contributed by atoms with van der Waals surface area (Å²) in [6.07, 6.45) is -2.62. The maximum Gasteiger partial charge on any atom is 0.573 e. The molecule has 2 aromatic rings. The molecule has 2 aromatic carbocycles. The van der Waals surface area contributed by atoms with Gasteiger partial charge in [-0.25, -0.2) is 0 Å². The first-order valence-corrected chi connectivity index (χ1v) is 9.01. The van der Waals surface area contributed by atoms with Gasteiger partial charge in [-0.1, -0.05) is 40.2 Å². The molecular weight excluding hydrogens is 395 g/mol. The van der Waals surface area contributed by atoms with Crippen molar-refractivity contribution in [2.45, 2.75) is 31.7 Å². The van der Waals surface area contributed by atoms with E-state index in [1.54, 1.807) is 12.1 Å². The molecule has 1 aliphatic heterocycles. The van der Waals surface area contributed by atoms with Crippen LogP contribution in [0.1, 0.15) is 29.9 Å². The highest BCUT2D eigenvalue weighted by molar-refractivity contribution is 9.10. The largest absolute Gasteiger partial charge is 0.573 e. The normalized spacial score (nSPS) is 16.8. The van der Waals surface area contributed by atoms with Crippen LogP contribution >= 0.6 is 15.9 Å². The summed E-state index contributed by atoms with van der Waals surface area (Å²) in [6, 6.07) is 14.6. The number of halogens is 4. The maximum absolute atomic E-state index is 12.2. The van der Waals surface area contributed by atoms with Crippen molar-refractivity contribution in [2.75, 3.05) is 13.1 Å². The minimum atomic E-state index is -4.64. The molecule has 0 aliphatic carbocycles. The van der Waals surface area contributed by atoms with Gasteiger partial charge in [-0.3, -0.25) is 4.90 Å². The number of hydrogen-bond acceptors (Lipinski definition) is 2. The second-order valence-electron chi connectivity index (χ2n) is 6.30. The smallest absolute Gasteiger partial charge is 0.406 e. The molecule has 25 heavy (non-hydrogen) atoms. The fourth-order valence-electron chi connectivity index (χ4n) is 3.26. The van der Waals surface area contributed by atoms with E-state index in [1.165, 1.54) is 17.7 Å². The number of hydrogen-bond donors (Lipinski definition) is 0. The third-order valence-electron chi connectivity index (χ3n) is 4.47. The van der Waals surface area contributed by atoms with Gasteiger partial charge >= 0.3 is 6.36 Å². The van der Waals surface area contributed by atoms with Gasteiger partial charge in [-0.2, -0.15) is 0 Å². The van der Waals surface area contributed by atoms with E-state index in [1.807, 2.05) is 12.1 Å². The highest BCUT2D eigenvalue weighted by atomic mass is 79.9. The third kappa shape index (κ3) is 5.47. The Bertz CT molecular complexity index is 695. The average molecular weight is 414 g/mol. The first-order valence-electron chi connectivity index (χ1n) is 8.21. The molecule has 0 unspecified atom stereocenters. The molecule has 1 aliphatic rings. The van der Waals surface area contributed by atoms with Crippen LogP contribution in [0.3, 0.4) is 0 Å². The molecule has 6 heteroatoms. The highest BCUT2D eigenvalue weighted by Crippen LogP contribution is 2.31. The molecule has 0 amide bonds. The summed E-state index contributed by atoms with van der Waals surface area (Å²) in [4.78, 5) is 2.42. The third-order valence-corrected chi connectivity index (χ3v) is 4.96. The second kappa shape index (κ2) is 7.79. The summed E-state index contributed by atoms with van der Waals surface area (Å²) in [5.74, 6) is 0.224. The maximum atomic E-state index is 12.2. The fraction of sp³-hybridized carbons (Fsp3) is 0.368. The van der Waals surface area contributed by atoms with Crippen LogP contribution in [-0.2, 0) is 6.54 Å².